The largest absolute Gasteiger partial charge is 0.494 e. The number of fused-ring (bicyclic) bond motifs is 2. The van der Waals surface area contributed by atoms with Gasteiger partial charge in [0.05, 0.1) is 7.11 Å². The van der Waals surface area contributed by atoms with Gasteiger partial charge < -0.3 is 10.1 Å². The molecule has 3 rings (SSSR count). The van der Waals surface area contributed by atoms with Crippen molar-refractivity contribution in [3.05, 3.63) is 35.0 Å². The van der Waals surface area contributed by atoms with E-state index in [0.717, 1.165) is 30.7 Å². The minimum atomic E-state index is 0.487. The Labute approximate surface area is 120 Å². The lowest BCUT2D eigenvalue weighted by Gasteiger charge is -2.16. The Bertz CT molecular complexity index is 634. The van der Waals surface area contributed by atoms with Crippen molar-refractivity contribution in [3.63, 3.8) is 0 Å². The van der Waals surface area contributed by atoms with Gasteiger partial charge >= 0.3 is 0 Å². The Morgan fingerprint density at radius 1 is 1.30 bits per heavy atom. The molecule has 0 atom stereocenters. The average molecular weight is 270 g/mol. The van der Waals surface area contributed by atoms with Crippen LogP contribution >= 0.6 is 0 Å². The third-order valence-corrected chi connectivity index (χ3v) is 4.03. The highest BCUT2D eigenvalue weighted by atomic mass is 16.5. The zero-order valence-corrected chi connectivity index (χ0v) is 12.5. The van der Waals surface area contributed by atoms with Crippen molar-refractivity contribution < 1.29 is 4.74 Å². The van der Waals surface area contributed by atoms with Crippen LogP contribution in [0.3, 0.4) is 0 Å². The average Bonchev–Trinajstić information content (AvgIpc) is 2.90. The minimum Gasteiger partial charge on any atom is -0.494 e. The summed E-state index contributed by atoms with van der Waals surface area (Å²) in [6.45, 7) is 5.28. The molecule has 106 valence electrons. The van der Waals surface area contributed by atoms with Crippen LogP contribution in [0.25, 0.3) is 10.9 Å². The molecule has 2 aromatic rings. The number of aryl methyl sites for hydroxylation is 1. The van der Waals surface area contributed by atoms with Gasteiger partial charge in [0, 0.05) is 23.7 Å². The van der Waals surface area contributed by atoms with Crippen LogP contribution in [0.15, 0.2) is 18.2 Å². The molecule has 1 aromatic heterocycles. The summed E-state index contributed by atoms with van der Waals surface area (Å²) in [5.41, 5.74) is 5.15. The number of hydrogen-bond donors (Lipinski definition) is 1. The summed E-state index contributed by atoms with van der Waals surface area (Å²) in [5.74, 6) is 0.878. The number of para-hydroxylation sites is 1. The predicted octanol–water partition coefficient (Wildman–Crippen LogP) is 3.23. The predicted molar refractivity (Wildman–Crippen MR) is 82.3 cm³/mol. The van der Waals surface area contributed by atoms with Crippen LogP contribution in [0.4, 0.5) is 0 Å². The second-order valence-corrected chi connectivity index (χ2v) is 5.76. The Hall–Kier alpha value is -1.61. The number of pyridine rings is 1. The van der Waals surface area contributed by atoms with Crippen molar-refractivity contribution >= 4 is 10.9 Å². The summed E-state index contributed by atoms with van der Waals surface area (Å²) in [7, 11) is 1.72. The fourth-order valence-corrected chi connectivity index (χ4v) is 3.03. The van der Waals surface area contributed by atoms with E-state index in [-0.39, 0.29) is 0 Å². The fraction of sp³-hybridized carbons (Fsp3) is 0.471. The quantitative estimate of drug-likeness (QED) is 0.926. The molecule has 0 spiro atoms. The molecule has 0 bridgehead atoms. The van der Waals surface area contributed by atoms with Crippen molar-refractivity contribution in [2.45, 2.75) is 45.7 Å². The zero-order chi connectivity index (χ0) is 14.1. The van der Waals surface area contributed by atoms with Gasteiger partial charge in [0.15, 0.2) is 0 Å². The highest BCUT2D eigenvalue weighted by Gasteiger charge is 2.20. The first-order chi connectivity index (χ1) is 9.70. The molecule has 1 aliphatic rings. The monoisotopic (exact) mass is 270 g/mol. The van der Waals surface area contributed by atoms with E-state index in [9.17, 15) is 0 Å². The summed E-state index contributed by atoms with van der Waals surface area (Å²) >= 11 is 0. The van der Waals surface area contributed by atoms with E-state index < -0.39 is 0 Å². The number of benzene rings is 1. The lowest BCUT2D eigenvalue weighted by Crippen LogP contribution is -2.23. The highest BCUT2D eigenvalue weighted by molar-refractivity contribution is 5.88. The van der Waals surface area contributed by atoms with Crippen molar-refractivity contribution in [2.24, 2.45) is 0 Å². The van der Waals surface area contributed by atoms with E-state index >= 15 is 0 Å². The molecule has 0 saturated heterocycles. The maximum Gasteiger partial charge on any atom is 0.145 e. The minimum absolute atomic E-state index is 0.487. The van der Waals surface area contributed by atoms with Crippen LogP contribution in [0.5, 0.6) is 5.75 Å². The highest BCUT2D eigenvalue weighted by Crippen LogP contribution is 2.33. The van der Waals surface area contributed by atoms with Crippen LogP contribution in [0, 0.1) is 0 Å². The molecule has 1 aliphatic carbocycles. The van der Waals surface area contributed by atoms with Gasteiger partial charge in [-0.2, -0.15) is 0 Å². The first kappa shape index (κ1) is 13.4. The van der Waals surface area contributed by atoms with Crippen molar-refractivity contribution in [2.75, 3.05) is 7.11 Å². The molecular weight excluding hydrogens is 248 g/mol. The third-order valence-electron chi connectivity index (χ3n) is 4.03. The molecule has 0 radical (unpaired) electrons. The van der Waals surface area contributed by atoms with Gasteiger partial charge in [-0.25, -0.2) is 4.98 Å². The molecule has 1 heterocycles. The van der Waals surface area contributed by atoms with Gasteiger partial charge in [-0.1, -0.05) is 26.0 Å². The van der Waals surface area contributed by atoms with E-state index in [2.05, 4.69) is 31.3 Å². The van der Waals surface area contributed by atoms with Gasteiger partial charge in [0.25, 0.3) is 0 Å². The lowest BCUT2D eigenvalue weighted by atomic mass is 10.0. The molecule has 0 amide bonds. The van der Waals surface area contributed by atoms with E-state index in [0.29, 0.717) is 6.04 Å². The van der Waals surface area contributed by atoms with Gasteiger partial charge in [-0.3, -0.25) is 0 Å². The number of rotatable bonds is 4. The van der Waals surface area contributed by atoms with Crippen molar-refractivity contribution in [1.82, 2.24) is 10.3 Å². The van der Waals surface area contributed by atoms with Gasteiger partial charge in [0.2, 0.25) is 0 Å². The molecule has 0 unspecified atom stereocenters. The number of methoxy groups -OCH3 is 1. The van der Waals surface area contributed by atoms with Crippen LogP contribution < -0.4 is 10.1 Å². The number of hydrogen-bond acceptors (Lipinski definition) is 3. The topological polar surface area (TPSA) is 34.1 Å². The van der Waals surface area contributed by atoms with E-state index in [4.69, 9.17) is 9.72 Å². The summed E-state index contributed by atoms with van der Waals surface area (Å²) < 4.78 is 5.48. The molecular formula is C17H22N2O. The smallest absolute Gasteiger partial charge is 0.145 e. The first-order valence-corrected chi connectivity index (χ1v) is 7.41. The molecule has 3 heteroatoms. The van der Waals surface area contributed by atoms with Crippen LogP contribution in [0.1, 0.15) is 37.1 Å². The molecule has 3 nitrogen and oxygen atoms in total. The molecule has 20 heavy (non-hydrogen) atoms. The molecule has 0 fully saturated rings. The third kappa shape index (κ3) is 2.27. The zero-order valence-electron chi connectivity index (χ0n) is 12.5. The Balaban J connectivity index is 2.18. The summed E-state index contributed by atoms with van der Waals surface area (Å²) in [6, 6.07) is 6.71. The van der Waals surface area contributed by atoms with Crippen molar-refractivity contribution in [3.8, 4) is 5.75 Å². The fourth-order valence-electron chi connectivity index (χ4n) is 3.03. The molecule has 1 aromatic carbocycles. The summed E-state index contributed by atoms with van der Waals surface area (Å²) in [5, 5.41) is 4.79. The molecule has 0 saturated carbocycles. The molecule has 1 N–H and O–H groups in total. The van der Waals surface area contributed by atoms with Crippen LogP contribution in [-0.4, -0.2) is 18.1 Å². The van der Waals surface area contributed by atoms with E-state index in [1.807, 2.05) is 6.07 Å². The molecule has 0 aliphatic heterocycles. The maximum absolute atomic E-state index is 5.48. The normalized spacial score (nSPS) is 14.0. The van der Waals surface area contributed by atoms with Gasteiger partial charge in [0.1, 0.15) is 11.3 Å². The Morgan fingerprint density at radius 2 is 2.15 bits per heavy atom. The maximum atomic E-state index is 5.48. The van der Waals surface area contributed by atoms with Crippen LogP contribution in [-0.2, 0) is 19.4 Å². The van der Waals surface area contributed by atoms with Crippen molar-refractivity contribution in [1.29, 1.82) is 0 Å². The number of aromatic nitrogens is 1. The van der Waals surface area contributed by atoms with Gasteiger partial charge in [-0.15, -0.1) is 0 Å². The SMILES string of the molecule is COc1cccc2c(CNC(C)C)c3c(nc12)CCC3. The number of nitrogens with one attached hydrogen (secondary N) is 1. The summed E-state index contributed by atoms with van der Waals surface area (Å²) in [6.07, 6.45) is 3.47. The van der Waals surface area contributed by atoms with Crippen LogP contribution in [0.2, 0.25) is 0 Å². The second-order valence-electron chi connectivity index (χ2n) is 5.76. The summed E-state index contributed by atoms with van der Waals surface area (Å²) in [4.78, 5) is 4.86. The Kier molecular flexibility index (Phi) is 3.62. The van der Waals surface area contributed by atoms with E-state index in [1.165, 1.54) is 28.6 Å². The van der Waals surface area contributed by atoms with E-state index in [1.54, 1.807) is 7.11 Å². The van der Waals surface area contributed by atoms with Gasteiger partial charge in [-0.05, 0) is 36.5 Å². The lowest BCUT2D eigenvalue weighted by molar-refractivity contribution is 0.418. The second kappa shape index (κ2) is 5.41. The standard InChI is InChI=1S/C17H22N2O/c1-11(2)18-10-14-12-6-4-8-15(12)19-17-13(14)7-5-9-16(17)20-3/h5,7,9,11,18H,4,6,8,10H2,1-3H3. The number of ether oxygens (including phenoxy) is 1. The Morgan fingerprint density at radius 3 is 2.90 bits per heavy atom. The number of nitrogens with zero attached hydrogens (tertiary/aromatic N) is 1. The first-order valence-electron chi connectivity index (χ1n) is 7.41.